The number of halogens is 1. The first-order chi connectivity index (χ1) is 11.2. The number of amides is 1. The van der Waals surface area contributed by atoms with Crippen molar-refractivity contribution in [2.45, 2.75) is 10.6 Å². The number of benzene rings is 2. The molecule has 2 aromatic carbocycles. The molecule has 23 heavy (non-hydrogen) atoms. The molecule has 0 radical (unpaired) electrons. The molecular formula is C16H12ClN3O2S. The summed E-state index contributed by atoms with van der Waals surface area (Å²) in [6.45, 7) is 0. The van der Waals surface area contributed by atoms with Crippen molar-refractivity contribution >= 4 is 35.3 Å². The number of aromatic nitrogens is 2. The van der Waals surface area contributed by atoms with Crippen LogP contribution in [-0.4, -0.2) is 16.1 Å². The molecule has 0 saturated heterocycles. The highest BCUT2D eigenvalue weighted by Gasteiger charge is 2.12. The maximum absolute atomic E-state index is 12.1. The molecule has 0 bridgehead atoms. The quantitative estimate of drug-likeness (QED) is 0.699. The lowest BCUT2D eigenvalue weighted by Crippen LogP contribution is -2.11. The molecule has 116 valence electrons. The predicted molar refractivity (Wildman–Crippen MR) is 89.7 cm³/mol. The van der Waals surface area contributed by atoms with Gasteiger partial charge in [0.2, 0.25) is 5.89 Å². The second-order valence-corrected chi connectivity index (χ2v) is 6.05. The molecule has 0 aliphatic heterocycles. The average molecular weight is 346 g/mol. The first-order valence-corrected chi connectivity index (χ1v) is 8.14. The van der Waals surface area contributed by atoms with Crippen molar-refractivity contribution in [3.63, 3.8) is 0 Å². The Labute approximate surface area is 142 Å². The lowest BCUT2D eigenvalue weighted by atomic mass is 10.2. The Balaban J connectivity index is 1.60. The van der Waals surface area contributed by atoms with Crippen LogP contribution in [0.5, 0.6) is 0 Å². The Morgan fingerprint density at radius 2 is 1.96 bits per heavy atom. The zero-order chi connectivity index (χ0) is 16.1. The first-order valence-electron chi connectivity index (χ1n) is 6.78. The third-order valence-corrected chi connectivity index (χ3v) is 4.11. The molecule has 1 aromatic heterocycles. The van der Waals surface area contributed by atoms with E-state index in [1.165, 1.54) is 0 Å². The lowest BCUT2D eigenvalue weighted by molar-refractivity contribution is 0.102. The molecule has 0 atom stereocenters. The van der Waals surface area contributed by atoms with Gasteiger partial charge in [0, 0.05) is 15.5 Å². The summed E-state index contributed by atoms with van der Waals surface area (Å²) in [6, 6.07) is 16.6. The molecule has 0 saturated carbocycles. The molecule has 1 N–H and O–H groups in total. The Hall–Kier alpha value is -2.31. The lowest BCUT2D eigenvalue weighted by Gasteiger charge is -2.00. The van der Waals surface area contributed by atoms with Gasteiger partial charge >= 0.3 is 6.01 Å². The molecule has 0 aliphatic carbocycles. The number of nitrogens with zero attached hydrogens (tertiary/aromatic N) is 2. The summed E-state index contributed by atoms with van der Waals surface area (Å²) in [4.78, 5) is 13.2. The van der Waals surface area contributed by atoms with E-state index >= 15 is 0 Å². The van der Waals surface area contributed by atoms with Gasteiger partial charge in [-0.15, -0.1) is 16.9 Å². The minimum absolute atomic E-state index is 0.0682. The summed E-state index contributed by atoms with van der Waals surface area (Å²) in [5, 5.41) is 10.8. The molecule has 0 aliphatic rings. The Bertz CT molecular complexity index is 808. The summed E-state index contributed by atoms with van der Waals surface area (Å²) < 4.78 is 5.42. The van der Waals surface area contributed by atoms with Crippen LogP contribution in [0.1, 0.15) is 16.2 Å². The molecule has 3 rings (SSSR count). The van der Waals surface area contributed by atoms with E-state index in [0.717, 1.165) is 4.90 Å². The van der Waals surface area contributed by atoms with E-state index in [4.69, 9.17) is 16.0 Å². The normalized spacial score (nSPS) is 10.5. The summed E-state index contributed by atoms with van der Waals surface area (Å²) in [5.74, 6) is 0.628. The third kappa shape index (κ3) is 4.34. The highest BCUT2D eigenvalue weighted by atomic mass is 35.5. The van der Waals surface area contributed by atoms with Gasteiger partial charge < -0.3 is 4.42 Å². The Kier molecular flexibility index (Phi) is 4.95. The second kappa shape index (κ2) is 7.30. The van der Waals surface area contributed by atoms with Crippen LogP contribution < -0.4 is 5.32 Å². The van der Waals surface area contributed by atoms with Gasteiger partial charge in [-0.3, -0.25) is 10.1 Å². The van der Waals surface area contributed by atoms with E-state index in [0.29, 0.717) is 22.2 Å². The number of anilines is 1. The number of carbonyl (C=O) groups is 1. The Morgan fingerprint density at radius 1 is 1.13 bits per heavy atom. The average Bonchev–Trinajstić information content (AvgIpc) is 3.01. The summed E-state index contributed by atoms with van der Waals surface area (Å²) >= 11 is 7.44. The zero-order valence-electron chi connectivity index (χ0n) is 11.9. The van der Waals surface area contributed by atoms with E-state index < -0.39 is 0 Å². The summed E-state index contributed by atoms with van der Waals surface area (Å²) in [7, 11) is 0. The number of carbonyl (C=O) groups excluding carboxylic acids is 1. The number of thioether (sulfide) groups is 1. The van der Waals surface area contributed by atoms with Crippen molar-refractivity contribution in [3.8, 4) is 0 Å². The van der Waals surface area contributed by atoms with E-state index in [9.17, 15) is 4.79 Å². The van der Waals surface area contributed by atoms with Gasteiger partial charge in [-0.1, -0.05) is 41.0 Å². The SMILES string of the molecule is O=C(Nc1nnc(CSc2ccccc2)o1)c1cccc(Cl)c1. The largest absolute Gasteiger partial charge is 0.407 e. The number of hydrogen-bond donors (Lipinski definition) is 1. The molecule has 7 heteroatoms. The van der Waals surface area contributed by atoms with Crippen molar-refractivity contribution < 1.29 is 9.21 Å². The topological polar surface area (TPSA) is 68.0 Å². The number of hydrogen-bond acceptors (Lipinski definition) is 5. The van der Waals surface area contributed by atoms with Gasteiger partial charge in [0.1, 0.15) is 0 Å². The van der Waals surface area contributed by atoms with Gasteiger partial charge in [-0.2, -0.15) is 0 Å². The van der Waals surface area contributed by atoms with Crippen LogP contribution in [0.25, 0.3) is 0 Å². The number of rotatable bonds is 5. The fraction of sp³-hybridized carbons (Fsp3) is 0.0625. The van der Waals surface area contributed by atoms with Crippen LogP contribution in [0.4, 0.5) is 6.01 Å². The molecular weight excluding hydrogens is 334 g/mol. The zero-order valence-corrected chi connectivity index (χ0v) is 13.5. The smallest absolute Gasteiger partial charge is 0.322 e. The molecule has 3 aromatic rings. The second-order valence-electron chi connectivity index (χ2n) is 4.57. The predicted octanol–water partition coefficient (Wildman–Crippen LogP) is 4.27. The standard InChI is InChI=1S/C16H12ClN3O2S/c17-12-6-4-5-11(9-12)15(21)18-16-20-19-14(22-16)10-23-13-7-2-1-3-8-13/h1-9H,10H2,(H,18,20,21). The molecule has 0 spiro atoms. The minimum Gasteiger partial charge on any atom is -0.407 e. The van der Waals surface area contributed by atoms with Gasteiger partial charge in [0.05, 0.1) is 5.75 Å². The van der Waals surface area contributed by atoms with Gasteiger partial charge in [0.15, 0.2) is 0 Å². The van der Waals surface area contributed by atoms with Gasteiger partial charge in [-0.25, -0.2) is 0 Å². The van der Waals surface area contributed by atoms with Crippen molar-refractivity contribution in [3.05, 3.63) is 71.1 Å². The van der Waals surface area contributed by atoms with E-state index in [2.05, 4.69) is 15.5 Å². The first kappa shape index (κ1) is 15.6. The van der Waals surface area contributed by atoms with Gasteiger partial charge in [0.25, 0.3) is 5.91 Å². The third-order valence-electron chi connectivity index (χ3n) is 2.88. The van der Waals surface area contributed by atoms with Gasteiger partial charge in [-0.05, 0) is 30.3 Å². The minimum atomic E-state index is -0.349. The van der Waals surface area contributed by atoms with Crippen LogP contribution >= 0.6 is 23.4 Å². The number of nitrogens with one attached hydrogen (secondary N) is 1. The molecule has 1 amide bonds. The fourth-order valence-corrected chi connectivity index (χ4v) is 2.77. The summed E-state index contributed by atoms with van der Waals surface area (Å²) in [6.07, 6.45) is 0. The molecule has 5 nitrogen and oxygen atoms in total. The van der Waals surface area contributed by atoms with Crippen LogP contribution in [-0.2, 0) is 5.75 Å². The van der Waals surface area contributed by atoms with Crippen molar-refractivity contribution in [2.24, 2.45) is 0 Å². The highest BCUT2D eigenvalue weighted by Crippen LogP contribution is 2.22. The maximum atomic E-state index is 12.1. The van der Waals surface area contributed by atoms with Crippen molar-refractivity contribution in [2.75, 3.05) is 5.32 Å². The van der Waals surface area contributed by atoms with Crippen LogP contribution in [0, 0.1) is 0 Å². The Morgan fingerprint density at radius 3 is 2.74 bits per heavy atom. The van der Waals surface area contributed by atoms with Crippen LogP contribution in [0.3, 0.4) is 0 Å². The van der Waals surface area contributed by atoms with E-state index in [-0.39, 0.29) is 11.9 Å². The van der Waals surface area contributed by atoms with E-state index in [1.54, 1.807) is 36.0 Å². The fourth-order valence-electron chi connectivity index (χ4n) is 1.82. The van der Waals surface area contributed by atoms with Crippen LogP contribution in [0.15, 0.2) is 63.9 Å². The van der Waals surface area contributed by atoms with Crippen molar-refractivity contribution in [1.82, 2.24) is 10.2 Å². The van der Waals surface area contributed by atoms with Crippen molar-refractivity contribution in [1.29, 1.82) is 0 Å². The molecule has 0 unspecified atom stereocenters. The van der Waals surface area contributed by atoms with Crippen LogP contribution in [0.2, 0.25) is 5.02 Å². The molecule has 1 heterocycles. The highest BCUT2D eigenvalue weighted by molar-refractivity contribution is 7.98. The maximum Gasteiger partial charge on any atom is 0.322 e. The monoisotopic (exact) mass is 345 g/mol. The summed E-state index contributed by atoms with van der Waals surface area (Å²) in [5.41, 5.74) is 0.427. The molecule has 0 fully saturated rings. The van der Waals surface area contributed by atoms with E-state index in [1.807, 2.05) is 30.3 Å².